The Hall–Kier alpha value is -2.72. The summed E-state index contributed by atoms with van der Waals surface area (Å²) in [5.41, 5.74) is -0.109. The van der Waals surface area contributed by atoms with Gasteiger partial charge in [-0.15, -0.1) is 0 Å². The van der Waals surface area contributed by atoms with Crippen molar-refractivity contribution in [1.29, 1.82) is 0 Å². The van der Waals surface area contributed by atoms with E-state index in [1.54, 1.807) is 24.4 Å². The third-order valence-corrected chi connectivity index (χ3v) is 6.69. The Labute approximate surface area is 189 Å². The number of carbonyl (C=O) groups excluding carboxylic acids is 2. The predicted molar refractivity (Wildman–Crippen MR) is 120 cm³/mol. The number of ether oxygens (including phenoxy) is 2. The number of alkyl carbamates (subject to hydrolysis) is 1. The van der Waals surface area contributed by atoms with Crippen LogP contribution in [0.5, 0.6) is 0 Å². The number of amides is 1. The van der Waals surface area contributed by atoms with Gasteiger partial charge in [0.15, 0.2) is 6.73 Å². The summed E-state index contributed by atoms with van der Waals surface area (Å²) >= 11 is 0. The molecule has 0 bridgehead atoms. The summed E-state index contributed by atoms with van der Waals surface area (Å²) < 4.78 is 26.6. The number of pyridine rings is 1. The molecular weight excluding hydrogens is 434 g/mol. The van der Waals surface area contributed by atoms with Gasteiger partial charge in [-0.3, -0.25) is 14.2 Å². The van der Waals surface area contributed by atoms with Gasteiger partial charge in [-0.05, 0) is 58.2 Å². The number of hydrogen-bond donors (Lipinski definition) is 1. The summed E-state index contributed by atoms with van der Waals surface area (Å²) in [7, 11) is -1.46. The molecule has 1 unspecified atom stereocenters. The van der Waals surface area contributed by atoms with Gasteiger partial charge in [-0.2, -0.15) is 0 Å². The molecule has 1 N–H and O–H groups in total. The Balaban J connectivity index is 1.75. The summed E-state index contributed by atoms with van der Waals surface area (Å²) in [6, 6.07) is 5.11. The van der Waals surface area contributed by atoms with E-state index < -0.39 is 22.7 Å². The van der Waals surface area contributed by atoms with Crippen molar-refractivity contribution in [3.63, 3.8) is 0 Å². The van der Waals surface area contributed by atoms with Crippen LogP contribution in [-0.2, 0) is 32.0 Å². The first-order valence-electron chi connectivity index (χ1n) is 10.4. The lowest BCUT2D eigenvalue weighted by Gasteiger charge is -2.32. The van der Waals surface area contributed by atoms with Crippen molar-refractivity contribution in [2.24, 2.45) is 0 Å². The monoisotopic (exact) mass is 463 g/mol. The third-order valence-electron chi connectivity index (χ3n) is 5.14. The highest BCUT2D eigenvalue weighted by Gasteiger charge is 2.27. The molecule has 2 aromatic rings. The van der Waals surface area contributed by atoms with Crippen LogP contribution >= 0.6 is 0 Å². The second-order valence-corrected chi connectivity index (χ2v) is 10.2. The van der Waals surface area contributed by atoms with Gasteiger partial charge in [0, 0.05) is 36.1 Å². The summed E-state index contributed by atoms with van der Waals surface area (Å²) in [4.78, 5) is 35.8. The van der Waals surface area contributed by atoms with Crippen LogP contribution in [0.3, 0.4) is 0 Å². The second kappa shape index (κ2) is 9.83. The molecule has 0 aliphatic carbocycles. The number of aryl methyl sites for hydroxylation is 1. The van der Waals surface area contributed by atoms with Crippen LogP contribution in [0.4, 0.5) is 4.79 Å². The van der Waals surface area contributed by atoms with Crippen LogP contribution in [-0.4, -0.2) is 50.4 Å². The average molecular weight is 464 g/mol. The predicted octanol–water partition coefficient (Wildman–Crippen LogP) is 2.45. The Bertz CT molecular complexity index is 1080. The van der Waals surface area contributed by atoms with Gasteiger partial charge in [0.1, 0.15) is 16.6 Å². The smallest absolute Gasteiger partial charge is 0.407 e. The normalized spacial score (nSPS) is 16.5. The second-order valence-electron chi connectivity index (χ2n) is 8.76. The van der Waals surface area contributed by atoms with Crippen LogP contribution in [0.1, 0.15) is 39.2 Å². The number of piperidine rings is 1. The Morgan fingerprint density at radius 2 is 1.97 bits per heavy atom. The summed E-state index contributed by atoms with van der Waals surface area (Å²) in [5, 5.41) is 3.94. The van der Waals surface area contributed by atoms with Crippen LogP contribution in [0.2, 0.25) is 0 Å². The zero-order valence-corrected chi connectivity index (χ0v) is 19.6. The highest BCUT2D eigenvalue weighted by molar-refractivity contribution is 7.83. The molecule has 3 rings (SSSR count). The van der Waals surface area contributed by atoms with Gasteiger partial charge in [0.25, 0.3) is 12.0 Å². The maximum atomic E-state index is 13.4. The number of benzene rings is 1. The van der Waals surface area contributed by atoms with Crippen LogP contribution in [0.25, 0.3) is 10.8 Å². The molecule has 1 aliphatic heterocycles. The molecule has 1 fully saturated rings. The minimum absolute atomic E-state index is 0.0441. The average Bonchev–Trinajstić information content (AvgIpc) is 2.73. The number of rotatable bonds is 6. The summed E-state index contributed by atoms with van der Waals surface area (Å²) in [6.07, 6.45) is 2.44. The molecule has 32 heavy (non-hydrogen) atoms. The van der Waals surface area contributed by atoms with E-state index in [1.165, 1.54) is 4.57 Å². The fraction of sp³-hybridized carbons (Fsp3) is 0.500. The largest absolute Gasteiger partial charge is 0.446 e. The molecule has 1 aromatic heterocycles. The van der Waals surface area contributed by atoms with Crippen LogP contribution in [0.15, 0.2) is 34.1 Å². The molecule has 0 saturated carbocycles. The fourth-order valence-electron chi connectivity index (χ4n) is 3.76. The van der Waals surface area contributed by atoms with Gasteiger partial charge < -0.3 is 14.8 Å². The van der Waals surface area contributed by atoms with Crippen LogP contribution in [0, 0.1) is 6.92 Å². The number of carbonyl (C=O) groups is 2. The lowest BCUT2D eigenvalue weighted by Crippen LogP contribution is -2.46. The lowest BCUT2D eigenvalue weighted by molar-refractivity contribution is -0.132. The Morgan fingerprint density at radius 3 is 2.59 bits per heavy atom. The van der Waals surface area contributed by atoms with Crippen molar-refractivity contribution in [1.82, 2.24) is 14.2 Å². The first-order valence-corrected chi connectivity index (χ1v) is 11.6. The Kier molecular flexibility index (Phi) is 7.35. The van der Waals surface area contributed by atoms with Crippen molar-refractivity contribution in [3.8, 4) is 0 Å². The van der Waals surface area contributed by atoms with Gasteiger partial charge in [-0.1, -0.05) is 6.07 Å². The van der Waals surface area contributed by atoms with Crippen molar-refractivity contribution in [2.45, 2.75) is 63.8 Å². The minimum Gasteiger partial charge on any atom is -0.446 e. The van der Waals surface area contributed by atoms with E-state index in [1.807, 2.05) is 32.0 Å². The molecule has 10 heteroatoms. The van der Waals surface area contributed by atoms with E-state index in [-0.39, 0.29) is 18.3 Å². The quantitative estimate of drug-likeness (QED) is 0.660. The van der Waals surface area contributed by atoms with Gasteiger partial charge in [0.2, 0.25) is 0 Å². The van der Waals surface area contributed by atoms with Crippen molar-refractivity contribution in [3.05, 3.63) is 40.3 Å². The number of aromatic nitrogens is 1. The molecule has 1 amide bonds. The van der Waals surface area contributed by atoms with E-state index in [0.29, 0.717) is 48.1 Å². The van der Waals surface area contributed by atoms with E-state index in [0.717, 1.165) is 5.56 Å². The highest BCUT2D eigenvalue weighted by Crippen LogP contribution is 2.26. The van der Waals surface area contributed by atoms with Crippen molar-refractivity contribution < 1.29 is 23.3 Å². The molecule has 174 valence electrons. The van der Waals surface area contributed by atoms with Crippen LogP contribution < -0.4 is 10.9 Å². The van der Waals surface area contributed by atoms with E-state index in [9.17, 15) is 18.6 Å². The highest BCUT2D eigenvalue weighted by atomic mass is 32.2. The molecule has 9 nitrogen and oxygen atoms in total. The maximum absolute atomic E-state index is 13.4. The number of nitrogens with zero attached hydrogens (tertiary/aromatic N) is 2. The Morgan fingerprint density at radius 1 is 1.28 bits per heavy atom. The van der Waals surface area contributed by atoms with Crippen molar-refractivity contribution in [2.75, 3.05) is 13.1 Å². The topological polar surface area (TPSA) is 107 Å². The van der Waals surface area contributed by atoms with E-state index >= 15 is 0 Å². The standard InChI is InChI=1S/C22H29N3O6S/c1-15-12-24(13-30-14-26)20(27)17-6-5-7-18(19(15)17)32(29)25-10-8-16(9-11-25)23-21(28)31-22(2,3)4/h5-7,12,14,16H,8-11,13H2,1-4H3,(H,23,28). The maximum Gasteiger partial charge on any atom is 0.407 e. The van der Waals surface area contributed by atoms with Gasteiger partial charge >= 0.3 is 6.09 Å². The van der Waals surface area contributed by atoms with E-state index in [2.05, 4.69) is 5.32 Å². The molecule has 1 atom stereocenters. The third kappa shape index (κ3) is 5.55. The summed E-state index contributed by atoms with van der Waals surface area (Å²) in [6.45, 7) is 8.46. The molecule has 0 radical (unpaired) electrons. The zero-order chi connectivity index (χ0) is 23.5. The molecule has 1 aromatic carbocycles. The first kappa shape index (κ1) is 23.9. The number of hydrogen-bond acceptors (Lipinski definition) is 6. The zero-order valence-electron chi connectivity index (χ0n) is 18.8. The molecule has 1 saturated heterocycles. The fourth-order valence-corrected chi connectivity index (χ4v) is 5.22. The number of fused-ring (bicyclic) bond motifs is 1. The number of nitrogens with one attached hydrogen (secondary N) is 1. The minimum atomic E-state index is -1.46. The molecule has 0 spiro atoms. The SMILES string of the molecule is Cc1cn(COC=O)c(=O)c2cccc(S(=O)N3CCC(NC(=O)OC(C)(C)C)CC3)c12. The lowest BCUT2D eigenvalue weighted by atomic mass is 10.1. The molecular formula is C22H29N3O6S. The van der Waals surface area contributed by atoms with Gasteiger partial charge in [0.05, 0.1) is 4.90 Å². The molecule has 1 aliphatic rings. The first-order chi connectivity index (χ1) is 15.1. The van der Waals surface area contributed by atoms with Crippen molar-refractivity contribution >= 4 is 34.3 Å². The molecule has 2 heterocycles. The van der Waals surface area contributed by atoms with Gasteiger partial charge in [-0.25, -0.2) is 13.3 Å². The summed E-state index contributed by atoms with van der Waals surface area (Å²) in [5.74, 6) is 0. The van der Waals surface area contributed by atoms with E-state index in [4.69, 9.17) is 9.47 Å².